The van der Waals surface area contributed by atoms with E-state index in [-0.39, 0.29) is 9.72 Å². The van der Waals surface area contributed by atoms with E-state index in [1.807, 2.05) is 18.2 Å². The first-order valence-corrected chi connectivity index (χ1v) is 13.0. The molecule has 2 atom stereocenters. The summed E-state index contributed by atoms with van der Waals surface area (Å²) >= 11 is 11.2. The lowest BCUT2D eigenvalue weighted by molar-refractivity contribution is 0.124. The van der Waals surface area contributed by atoms with Gasteiger partial charge in [-0.05, 0) is 87.5 Å². The van der Waals surface area contributed by atoms with Crippen molar-refractivity contribution in [3.05, 3.63) is 57.6 Å². The van der Waals surface area contributed by atoms with Gasteiger partial charge in [0, 0.05) is 11.6 Å². The number of primary sulfonamides is 1. The number of rotatable bonds is 4. The molecule has 1 fully saturated rings. The molecular formula is C20H20Br3NO3S. The summed E-state index contributed by atoms with van der Waals surface area (Å²) in [6.07, 6.45) is 8.67. The van der Waals surface area contributed by atoms with E-state index in [9.17, 15) is 8.42 Å². The zero-order valence-corrected chi connectivity index (χ0v) is 20.8. The summed E-state index contributed by atoms with van der Waals surface area (Å²) in [5.74, 6) is 0. The highest BCUT2D eigenvalue weighted by Crippen LogP contribution is 2.63. The molecule has 1 spiro atoms. The molecular weight excluding hydrogens is 574 g/mol. The molecule has 1 saturated carbocycles. The lowest BCUT2D eigenvalue weighted by Gasteiger charge is -2.32. The number of nitrogens with two attached hydrogens (primary N) is 1. The lowest BCUT2D eigenvalue weighted by atomic mass is 9.92. The first-order valence-electron chi connectivity index (χ1n) is 8.91. The fraction of sp³-hybridized carbons (Fsp3) is 0.400. The molecule has 150 valence electrons. The molecule has 2 unspecified atom stereocenters. The van der Waals surface area contributed by atoms with Gasteiger partial charge < -0.3 is 4.74 Å². The van der Waals surface area contributed by atoms with Crippen LogP contribution >= 0.6 is 47.8 Å². The van der Waals surface area contributed by atoms with Crippen LogP contribution < -0.4 is 5.14 Å². The number of halogens is 3. The van der Waals surface area contributed by atoms with Gasteiger partial charge in [-0.1, -0.05) is 50.1 Å². The Hall–Kier alpha value is -0.250. The molecule has 0 heterocycles. The first kappa shape index (κ1) is 21.0. The van der Waals surface area contributed by atoms with Gasteiger partial charge in [0.1, 0.15) is 0 Å². The predicted molar refractivity (Wildman–Crippen MR) is 122 cm³/mol. The van der Waals surface area contributed by atoms with Crippen LogP contribution in [0.25, 0.3) is 5.57 Å². The number of allylic oxidation sites excluding steroid dienone is 4. The predicted octanol–water partition coefficient (Wildman–Crippen LogP) is 5.38. The number of methoxy groups -OCH3 is 1. The van der Waals surface area contributed by atoms with Gasteiger partial charge in [-0.15, -0.1) is 0 Å². The zero-order valence-electron chi connectivity index (χ0n) is 15.2. The average molecular weight is 594 g/mol. The van der Waals surface area contributed by atoms with Gasteiger partial charge in [-0.25, -0.2) is 13.6 Å². The topological polar surface area (TPSA) is 69.4 Å². The molecule has 1 aromatic carbocycles. The minimum atomic E-state index is -3.69. The molecule has 0 radical (unpaired) electrons. The SMILES string of the molecule is COC1(Br)C=CC(C2=C(c3ccc(S(N)(=O)=O)cc3)CC3(CC3)C2)=C(Br)C1Br. The van der Waals surface area contributed by atoms with E-state index >= 15 is 0 Å². The third-order valence-electron chi connectivity index (χ3n) is 5.90. The van der Waals surface area contributed by atoms with Gasteiger partial charge in [0.05, 0.1) is 9.72 Å². The van der Waals surface area contributed by atoms with E-state index in [0.717, 1.165) is 22.9 Å². The molecule has 4 rings (SSSR count). The summed E-state index contributed by atoms with van der Waals surface area (Å²) in [4.78, 5) is 0.0828. The van der Waals surface area contributed by atoms with Crippen LogP contribution in [-0.2, 0) is 14.8 Å². The van der Waals surface area contributed by atoms with E-state index in [0.29, 0.717) is 5.41 Å². The molecule has 0 saturated heterocycles. The zero-order chi connectivity index (χ0) is 20.3. The highest BCUT2D eigenvalue weighted by Gasteiger charge is 2.49. The molecule has 2 N–H and O–H groups in total. The van der Waals surface area contributed by atoms with Crippen LogP contribution in [0.4, 0.5) is 0 Å². The maximum Gasteiger partial charge on any atom is 0.238 e. The highest BCUT2D eigenvalue weighted by molar-refractivity contribution is 9.15. The van der Waals surface area contributed by atoms with Crippen molar-refractivity contribution in [2.24, 2.45) is 10.6 Å². The van der Waals surface area contributed by atoms with E-state index in [2.05, 4.69) is 53.9 Å². The lowest BCUT2D eigenvalue weighted by Crippen LogP contribution is -2.34. The van der Waals surface area contributed by atoms with Gasteiger partial charge in [0.25, 0.3) is 0 Å². The van der Waals surface area contributed by atoms with Crippen LogP contribution in [-0.4, -0.2) is 24.9 Å². The van der Waals surface area contributed by atoms with Crippen LogP contribution in [0, 0.1) is 5.41 Å². The first-order chi connectivity index (χ1) is 13.1. The molecule has 8 heteroatoms. The molecule has 3 aliphatic carbocycles. The minimum Gasteiger partial charge on any atom is -0.362 e. The van der Waals surface area contributed by atoms with Gasteiger partial charge in [-0.3, -0.25) is 0 Å². The number of sulfonamides is 1. The maximum absolute atomic E-state index is 11.6. The Kier molecular flexibility index (Phi) is 5.37. The molecule has 3 aliphatic rings. The third-order valence-corrected chi connectivity index (χ3v) is 11.1. The second kappa shape index (κ2) is 7.17. The Balaban J connectivity index is 1.78. The summed E-state index contributed by atoms with van der Waals surface area (Å²) in [7, 11) is -2.02. The van der Waals surface area contributed by atoms with Crippen molar-refractivity contribution < 1.29 is 13.2 Å². The Labute approximate surface area is 190 Å². The van der Waals surface area contributed by atoms with Crippen molar-refractivity contribution in [2.75, 3.05) is 7.11 Å². The van der Waals surface area contributed by atoms with Crippen molar-refractivity contribution in [1.29, 1.82) is 0 Å². The van der Waals surface area contributed by atoms with E-state index in [1.165, 1.54) is 29.6 Å². The number of alkyl halides is 2. The number of hydrogen-bond donors (Lipinski definition) is 1. The van der Waals surface area contributed by atoms with Crippen LogP contribution in [0.3, 0.4) is 0 Å². The Morgan fingerprint density at radius 3 is 2.29 bits per heavy atom. The van der Waals surface area contributed by atoms with Gasteiger partial charge in [0.2, 0.25) is 10.0 Å². The van der Waals surface area contributed by atoms with Crippen LogP contribution in [0.15, 0.2) is 56.9 Å². The average Bonchev–Trinajstić information content (AvgIpc) is 3.31. The van der Waals surface area contributed by atoms with Crippen LogP contribution in [0.5, 0.6) is 0 Å². The second-order valence-electron chi connectivity index (χ2n) is 7.74. The van der Waals surface area contributed by atoms with Crippen molar-refractivity contribution in [3.63, 3.8) is 0 Å². The van der Waals surface area contributed by atoms with Crippen LogP contribution in [0.1, 0.15) is 31.2 Å². The molecule has 0 bridgehead atoms. The fourth-order valence-electron chi connectivity index (χ4n) is 4.02. The number of ether oxygens (including phenoxy) is 1. The van der Waals surface area contributed by atoms with Crippen molar-refractivity contribution in [1.82, 2.24) is 0 Å². The molecule has 4 nitrogen and oxygen atoms in total. The number of hydrogen-bond acceptors (Lipinski definition) is 3. The molecule has 28 heavy (non-hydrogen) atoms. The standard InChI is InChI=1S/C20H20Br3NO3S/c1-27-20(23)7-6-14(17(21)18(20)22)16-11-19(8-9-19)10-15(16)12-2-4-13(5-3-12)28(24,25)26/h2-7,18H,8-11H2,1H3,(H2,24,25,26). The smallest absolute Gasteiger partial charge is 0.238 e. The summed E-state index contributed by atoms with van der Waals surface area (Å²) in [6, 6.07) is 6.92. The Morgan fingerprint density at radius 2 is 1.75 bits per heavy atom. The van der Waals surface area contributed by atoms with Crippen molar-refractivity contribution >= 4 is 63.4 Å². The van der Waals surface area contributed by atoms with Crippen molar-refractivity contribution in [2.45, 2.75) is 39.9 Å². The molecule has 0 aromatic heterocycles. The summed E-state index contributed by atoms with van der Waals surface area (Å²) in [5.41, 5.74) is 5.20. The Morgan fingerprint density at radius 1 is 1.14 bits per heavy atom. The quantitative estimate of drug-likeness (QED) is 0.477. The van der Waals surface area contributed by atoms with Gasteiger partial charge in [-0.2, -0.15) is 0 Å². The van der Waals surface area contributed by atoms with E-state index in [4.69, 9.17) is 9.88 Å². The summed E-state index contributed by atoms with van der Waals surface area (Å²) in [5, 5.41) is 5.25. The normalized spacial score (nSPS) is 29.1. The van der Waals surface area contributed by atoms with Gasteiger partial charge in [0.15, 0.2) is 4.51 Å². The minimum absolute atomic E-state index is 0.0562. The maximum atomic E-state index is 11.6. The fourth-order valence-corrected chi connectivity index (χ4v) is 6.50. The second-order valence-corrected chi connectivity index (χ2v) is 12.3. The van der Waals surface area contributed by atoms with Gasteiger partial charge >= 0.3 is 0 Å². The van der Waals surface area contributed by atoms with Crippen LogP contribution in [0.2, 0.25) is 0 Å². The van der Waals surface area contributed by atoms with E-state index < -0.39 is 14.5 Å². The van der Waals surface area contributed by atoms with E-state index in [1.54, 1.807) is 19.2 Å². The summed E-state index contributed by atoms with van der Waals surface area (Å²) < 4.78 is 29.2. The third kappa shape index (κ3) is 3.65. The molecule has 1 aromatic rings. The Bertz CT molecular complexity index is 1020. The largest absolute Gasteiger partial charge is 0.362 e. The molecule has 0 aliphatic heterocycles. The molecule has 0 amide bonds. The van der Waals surface area contributed by atoms with Crippen molar-refractivity contribution in [3.8, 4) is 0 Å². The monoisotopic (exact) mass is 591 g/mol. The summed E-state index contributed by atoms with van der Waals surface area (Å²) in [6.45, 7) is 0. The highest BCUT2D eigenvalue weighted by atomic mass is 79.9. The number of benzene rings is 1.